The van der Waals surface area contributed by atoms with Crippen LogP contribution in [0.5, 0.6) is 0 Å². The Kier molecular flexibility index (Phi) is 1.78. The van der Waals surface area contributed by atoms with Crippen molar-refractivity contribution in [1.29, 1.82) is 0 Å². The summed E-state index contributed by atoms with van der Waals surface area (Å²) in [6, 6.07) is 0. The van der Waals surface area contributed by atoms with Crippen molar-refractivity contribution in [2.45, 2.75) is 19.3 Å². The van der Waals surface area contributed by atoms with E-state index in [2.05, 4.69) is 10.9 Å². The van der Waals surface area contributed by atoms with Crippen molar-refractivity contribution >= 4 is 11.3 Å². The van der Waals surface area contributed by atoms with Gasteiger partial charge in [-0.3, -0.25) is 0 Å². The summed E-state index contributed by atoms with van der Waals surface area (Å²) in [7, 11) is 0. The van der Waals surface area contributed by atoms with E-state index in [0.717, 1.165) is 5.01 Å². The maximum absolute atomic E-state index is 5.31. The smallest absolute Gasteiger partial charge is 0.110 e. The molecule has 0 atom stereocenters. The van der Waals surface area contributed by atoms with Crippen molar-refractivity contribution in [2.75, 3.05) is 0 Å². The largest absolute Gasteiger partial charge is 0.248 e. The monoisotopic (exact) mass is 151 g/mol. The van der Waals surface area contributed by atoms with Gasteiger partial charge in [0.05, 0.1) is 5.41 Å². The lowest BCUT2D eigenvalue weighted by Gasteiger charge is -2.12. The summed E-state index contributed by atoms with van der Waals surface area (Å²) in [4.78, 5) is 4.13. The second-order valence-electron chi connectivity index (χ2n) is 2.61. The van der Waals surface area contributed by atoms with Gasteiger partial charge in [-0.25, -0.2) is 4.98 Å². The normalized spacial score (nSPS) is 10.9. The van der Waals surface area contributed by atoms with E-state index < -0.39 is 0 Å². The first-order valence-corrected chi connectivity index (χ1v) is 3.92. The maximum atomic E-state index is 5.31. The van der Waals surface area contributed by atoms with E-state index >= 15 is 0 Å². The van der Waals surface area contributed by atoms with Crippen molar-refractivity contribution < 1.29 is 0 Å². The molecule has 0 fully saturated rings. The number of nitrogens with zero attached hydrogens (tertiary/aromatic N) is 1. The molecule has 0 aromatic carbocycles. The van der Waals surface area contributed by atoms with E-state index in [4.69, 9.17) is 6.42 Å². The first-order chi connectivity index (χ1) is 4.67. The molecule has 1 aromatic heterocycles. The molecule has 0 aliphatic heterocycles. The predicted octanol–water partition coefficient (Wildman–Crippen LogP) is 2.05. The maximum Gasteiger partial charge on any atom is 0.110 e. The summed E-state index contributed by atoms with van der Waals surface area (Å²) in [5.74, 6) is 2.69. The van der Waals surface area contributed by atoms with Gasteiger partial charge >= 0.3 is 0 Å². The Morgan fingerprint density at radius 1 is 1.70 bits per heavy atom. The third-order valence-electron chi connectivity index (χ3n) is 1.33. The van der Waals surface area contributed by atoms with Crippen LogP contribution >= 0.6 is 11.3 Å². The highest BCUT2D eigenvalue weighted by atomic mass is 32.1. The Labute approximate surface area is 65.1 Å². The van der Waals surface area contributed by atoms with Crippen LogP contribution in [-0.2, 0) is 5.41 Å². The molecule has 0 aliphatic rings. The van der Waals surface area contributed by atoms with Gasteiger partial charge in [0.25, 0.3) is 0 Å². The highest BCUT2D eigenvalue weighted by molar-refractivity contribution is 7.09. The average molecular weight is 151 g/mol. The molecule has 0 saturated heterocycles. The Hall–Kier alpha value is -0.810. The first kappa shape index (κ1) is 7.30. The van der Waals surface area contributed by atoms with Crippen molar-refractivity contribution in [3.63, 3.8) is 0 Å². The van der Waals surface area contributed by atoms with Gasteiger partial charge in [-0.15, -0.1) is 17.8 Å². The quantitative estimate of drug-likeness (QED) is 0.560. The van der Waals surface area contributed by atoms with Crippen LogP contribution in [0.2, 0.25) is 0 Å². The van der Waals surface area contributed by atoms with Crippen molar-refractivity contribution in [3.05, 3.63) is 16.6 Å². The second kappa shape index (κ2) is 2.43. The van der Waals surface area contributed by atoms with Gasteiger partial charge in [-0.2, -0.15) is 0 Å². The Morgan fingerprint density at radius 3 is 2.80 bits per heavy atom. The lowest BCUT2D eigenvalue weighted by Crippen LogP contribution is -2.12. The van der Waals surface area contributed by atoms with Gasteiger partial charge in [-0.05, 0) is 13.8 Å². The van der Waals surface area contributed by atoms with E-state index in [-0.39, 0.29) is 5.41 Å². The van der Waals surface area contributed by atoms with Crippen LogP contribution in [0.4, 0.5) is 0 Å². The van der Waals surface area contributed by atoms with Crippen LogP contribution in [0.3, 0.4) is 0 Å². The van der Waals surface area contributed by atoms with Gasteiger partial charge < -0.3 is 0 Å². The summed E-state index contributed by atoms with van der Waals surface area (Å²) >= 11 is 1.60. The standard InChI is InChI=1S/C8H9NS/c1-4-8(2,3)7-9-5-6-10-7/h1,5-6H,2-3H3. The van der Waals surface area contributed by atoms with E-state index in [1.165, 1.54) is 0 Å². The Balaban J connectivity index is 2.99. The van der Waals surface area contributed by atoms with Crippen LogP contribution < -0.4 is 0 Å². The minimum Gasteiger partial charge on any atom is -0.248 e. The summed E-state index contributed by atoms with van der Waals surface area (Å²) in [5.41, 5.74) is -0.200. The van der Waals surface area contributed by atoms with Gasteiger partial charge in [0.2, 0.25) is 0 Å². The van der Waals surface area contributed by atoms with Crippen LogP contribution in [0, 0.1) is 12.3 Å². The average Bonchev–Trinajstić information content (AvgIpc) is 2.38. The minimum atomic E-state index is -0.200. The molecule has 0 unspecified atom stereocenters. The molecule has 1 aromatic rings. The number of aromatic nitrogens is 1. The second-order valence-corrected chi connectivity index (χ2v) is 3.50. The van der Waals surface area contributed by atoms with Crippen LogP contribution in [0.15, 0.2) is 11.6 Å². The third-order valence-corrected chi connectivity index (χ3v) is 2.42. The molecule has 1 heterocycles. The predicted molar refractivity (Wildman–Crippen MR) is 44.0 cm³/mol. The van der Waals surface area contributed by atoms with Crippen LogP contribution in [0.25, 0.3) is 0 Å². The molecule has 0 radical (unpaired) electrons. The van der Waals surface area contributed by atoms with Crippen LogP contribution in [-0.4, -0.2) is 4.98 Å². The zero-order chi connectivity index (χ0) is 7.61. The Bertz CT molecular complexity index is 241. The zero-order valence-corrected chi connectivity index (χ0v) is 6.90. The van der Waals surface area contributed by atoms with Crippen molar-refractivity contribution in [3.8, 4) is 12.3 Å². The van der Waals surface area contributed by atoms with E-state index in [9.17, 15) is 0 Å². The van der Waals surface area contributed by atoms with E-state index in [0.29, 0.717) is 0 Å². The SMILES string of the molecule is C#CC(C)(C)c1nccs1. The number of rotatable bonds is 1. The third kappa shape index (κ3) is 1.19. The topological polar surface area (TPSA) is 12.9 Å². The summed E-state index contributed by atoms with van der Waals surface area (Å²) in [6.07, 6.45) is 7.09. The number of hydrogen-bond donors (Lipinski definition) is 0. The summed E-state index contributed by atoms with van der Waals surface area (Å²) in [6.45, 7) is 3.98. The molecule has 0 bridgehead atoms. The van der Waals surface area contributed by atoms with E-state index in [1.807, 2.05) is 19.2 Å². The van der Waals surface area contributed by atoms with Gasteiger partial charge in [0, 0.05) is 11.6 Å². The Morgan fingerprint density at radius 2 is 2.40 bits per heavy atom. The van der Waals surface area contributed by atoms with Crippen molar-refractivity contribution in [1.82, 2.24) is 4.98 Å². The number of terminal acetylenes is 1. The van der Waals surface area contributed by atoms with Gasteiger partial charge in [-0.1, -0.05) is 5.92 Å². The summed E-state index contributed by atoms with van der Waals surface area (Å²) in [5, 5.41) is 2.95. The molecule has 1 nitrogen and oxygen atoms in total. The first-order valence-electron chi connectivity index (χ1n) is 3.04. The fraction of sp³-hybridized carbons (Fsp3) is 0.375. The molecule has 0 aliphatic carbocycles. The summed E-state index contributed by atoms with van der Waals surface area (Å²) < 4.78 is 0. The fourth-order valence-corrected chi connectivity index (χ4v) is 1.32. The molecule has 0 saturated carbocycles. The lowest BCUT2D eigenvalue weighted by molar-refractivity contribution is 0.691. The molecule has 0 spiro atoms. The highest BCUT2D eigenvalue weighted by Crippen LogP contribution is 2.23. The van der Waals surface area contributed by atoms with Crippen molar-refractivity contribution in [2.24, 2.45) is 0 Å². The lowest BCUT2D eigenvalue weighted by atomic mass is 9.96. The van der Waals surface area contributed by atoms with E-state index in [1.54, 1.807) is 17.5 Å². The highest BCUT2D eigenvalue weighted by Gasteiger charge is 2.19. The molecule has 1 rings (SSSR count). The number of thiazole rings is 1. The molecular weight excluding hydrogens is 142 g/mol. The molecule has 0 amide bonds. The molecular formula is C8H9NS. The van der Waals surface area contributed by atoms with Gasteiger partial charge in [0.15, 0.2) is 0 Å². The number of hydrogen-bond acceptors (Lipinski definition) is 2. The zero-order valence-electron chi connectivity index (χ0n) is 6.09. The molecule has 2 heteroatoms. The molecule has 52 valence electrons. The minimum absolute atomic E-state index is 0.200. The molecule has 10 heavy (non-hydrogen) atoms. The molecule has 0 N–H and O–H groups in total. The van der Waals surface area contributed by atoms with Gasteiger partial charge in [0.1, 0.15) is 5.01 Å². The fourth-order valence-electron chi connectivity index (χ4n) is 0.594. The van der Waals surface area contributed by atoms with Crippen LogP contribution in [0.1, 0.15) is 18.9 Å².